The molecule has 0 fully saturated rings. The SMILES string of the molecule is Cn1ccnc1C(=O)N(O)c1ccccc1. The Kier molecular flexibility index (Phi) is 2.70. The zero-order chi connectivity index (χ0) is 11.5. The molecule has 0 spiro atoms. The molecule has 1 N–H and O–H groups in total. The molecular formula is C11H11N3O2. The zero-order valence-corrected chi connectivity index (χ0v) is 8.74. The Bertz CT molecular complexity index is 493. The molecule has 0 bridgehead atoms. The van der Waals surface area contributed by atoms with Gasteiger partial charge in [0.2, 0.25) is 5.82 Å². The average Bonchev–Trinajstić information content (AvgIpc) is 2.75. The summed E-state index contributed by atoms with van der Waals surface area (Å²) in [4.78, 5) is 15.7. The largest absolute Gasteiger partial charge is 0.330 e. The molecule has 0 radical (unpaired) electrons. The summed E-state index contributed by atoms with van der Waals surface area (Å²) in [5.41, 5.74) is 0.413. The van der Waals surface area contributed by atoms with E-state index >= 15 is 0 Å². The highest BCUT2D eigenvalue weighted by Gasteiger charge is 2.18. The first-order valence-electron chi connectivity index (χ1n) is 4.76. The zero-order valence-electron chi connectivity index (χ0n) is 8.74. The lowest BCUT2D eigenvalue weighted by Gasteiger charge is -2.14. The molecule has 1 aromatic heterocycles. The van der Waals surface area contributed by atoms with E-state index in [1.165, 1.54) is 6.20 Å². The van der Waals surface area contributed by atoms with E-state index in [9.17, 15) is 10.0 Å². The fourth-order valence-corrected chi connectivity index (χ4v) is 1.35. The van der Waals surface area contributed by atoms with E-state index in [0.717, 1.165) is 0 Å². The maximum absolute atomic E-state index is 11.8. The third-order valence-electron chi connectivity index (χ3n) is 2.21. The fraction of sp³-hybridized carbons (Fsp3) is 0.0909. The molecule has 0 saturated heterocycles. The van der Waals surface area contributed by atoms with Crippen LogP contribution in [-0.4, -0.2) is 20.7 Å². The Morgan fingerprint density at radius 1 is 1.38 bits per heavy atom. The van der Waals surface area contributed by atoms with Gasteiger partial charge in [-0.3, -0.25) is 10.0 Å². The van der Waals surface area contributed by atoms with Crippen molar-refractivity contribution in [3.05, 3.63) is 48.5 Å². The van der Waals surface area contributed by atoms with E-state index in [0.29, 0.717) is 10.8 Å². The maximum atomic E-state index is 11.8. The van der Waals surface area contributed by atoms with Gasteiger partial charge in [-0.15, -0.1) is 0 Å². The summed E-state index contributed by atoms with van der Waals surface area (Å²) in [6, 6.07) is 8.57. The lowest BCUT2D eigenvalue weighted by atomic mass is 10.3. The molecule has 1 aromatic carbocycles. The second-order valence-corrected chi connectivity index (χ2v) is 3.31. The highest BCUT2D eigenvalue weighted by atomic mass is 16.5. The fourth-order valence-electron chi connectivity index (χ4n) is 1.35. The molecule has 0 aliphatic heterocycles. The minimum atomic E-state index is -0.557. The average molecular weight is 217 g/mol. The number of amides is 1. The van der Waals surface area contributed by atoms with Gasteiger partial charge in [0.25, 0.3) is 0 Å². The van der Waals surface area contributed by atoms with Crippen molar-refractivity contribution < 1.29 is 10.0 Å². The van der Waals surface area contributed by atoms with Crippen molar-refractivity contribution in [1.29, 1.82) is 0 Å². The van der Waals surface area contributed by atoms with Gasteiger partial charge in [-0.05, 0) is 12.1 Å². The first-order chi connectivity index (χ1) is 7.70. The van der Waals surface area contributed by atoms with Crippen molar-refractivity contribution in [2.75, 3.05) is 5.06 Å². The molecule has 1 heterocycles. The number of hydrogen-bond donors (Lipinski definition) is 1. The Balaban J connectivity index is 2.27. The van der Waals surface area contributed by atoms with Gasteiger partial charge < -0.3 is 4.57 Å². The molecule has 0 aliphatic carbocycles. The van der Waals surface area contributed by atoms with Gasteiger partial charge in [-0.25, -0.2) is 4.98 Å². The van der Waals surface area contributed by atoms with Gasteiger partial charge in [0.05, 0.1) is 5.69 Å². The molecule has 0 aliphatic rings. The van der Waals surface area contributed by atoms with Crippen molar-refractivity contribution in [3.63, 3.8) is 0 Å². The lowest BCUT2D eigenvalue weighted by Crippen LogP contribution is -2.29. The van der Waals surface area contributed by atoms with Crippen LogP contribution in [0.4, 0.5) is 5.69 Å². The summed E-state index contributed by atoms with van der Waals surface area (Å²) in [7, 11) is 1.69. The third-order valence-corrected chi connectivity index (χ3v) is 2.21. The van der Waals surface area contributed by atoms with Crippen LogP contribution in [0.5, 0.6) is 0 Å². The lowest BCUT2D eigenvalue weighted by molar-refractivity contribution is 0.0840. The summed E-state index contributed by atoms with van der Waals surface area (Å²) in [6.45, 7) is 0. The van der Waals surface area contributed by atoms with Crippen molar-refractivity contribution in [3.8, 4) is 0 Å². The third kappa shape index (κ3) is 1.80. The number of anilines is 1. The monoisotopic (exact) mass is 217 g/mol. The van der Waals surface area contributed by atoms with Gasteiger partial charge in [-0.2, -0.15) is 5.06 Å². The van der Waals surface area contributed by atoms with E-state index in [1.54, 1.807) is 42.1 Å². The Morgan fingerprint density at radius 3 is 2.62 bits per heavy atom. The molecule has 16 heavy (non-hydrogen) atoms. The van der Waals surface area contributed by atoms with Crippen LogP contribution < -0.4 is 5.06 Å². The molecule has 2 aromatic rings. The highest BCUT2D eigenvalue weighted by Crippen LogP contribution is 2.13. The van der Waals surface area contributed by atoms with E-state index in [-0.39, 0.29) is 5.82 Å². The molecule has 82 valence electrons. The minimum absolute atomic E-state index is 0.186. The van der Waals surface area contributed by atoms with E-state index < -0.39 is 5.91 Å². The Hall–Kier alpha value is -2.14. The number of para-hydroxylation sites is 1. The predicted octanol–water partition coefficient (Wildman–Crippen LogP) is 1.46. The molecule has 0 atom stereocenters. The normalized spacial score (nSPS) is 10.1. The van der Waals surface area contributed by atoms with E-state index in [1.807, 2.05) is 6.07 Å². The first kappa shape index (κ1) is 10.4. The number of benzene rings is 1. The van der Waals surface area contributed by atoms with Crippen LogP contribution in [0.3, 0.4) is 0 Å². The number of carbonyl (C=O) groups is 1. The number of hydrogen-bond acceptors (Lipinski definition) is 3. The number of rotatable bonds is 2. The molecule has 1 amide bonds. The number of aromatic nitrogens is 2. The van der Waals surface area contributed by atoms with Crippen LogP contribution >= 0.6 is 0 Å². The van der Waals surface area contributed by atoms with Crippen molar-refractivity contribution in [2.24, 2.45) is 7.05 Å². The first-order valence-corrected chi connectivity index (χ1v) is 4.76. The molecular weight excluding hydrogens is 206 g/mol. The minimum Gasteiger partial charge on any atom is -0.330 e. The van der Waals surface area contributed by atoms with Crippen LogP contribution in [0.25, 0.3) is 0 Å². The van der Waals surface area contributed by atoms with Gasteiger partial charge in [0.15, 0.2) is 0 Å². The van der Waals surface area contributed by atoms with Crippen molar-refractivity contribution >= 4 is 11.6 Å². The van der Waals surface area contributed by atoms with Crippen LogP contribution in [-0.2, 0) is 7.05 Å². The Morgan fingerprint density at radius 2 is 2.06 bits per heavy atom. The summed E-state index contributed by atoms with van der Waals surface area (Å²) in [5, 5.41) is 10.3. The van der Waals surface area contributed by atoms with E-state index in [2.05, 4.69) is 4.98 Å². The summed E-state index contributed by atoms with van der Waals surface area (Å²) in [5.74, 6) is -0.370. The number of imidazole rings is 1. The quantitative estimate of drug-likeness (QED) is 0.612. The summed E-state index contributed by atoms with van der Waals surface area (Å²) >= 11 is 0. The molecule has 0 saturated carbocycles. The van der Waals surface area contributed by atoms with E-state index in [4.69, 9.17) is 0 Å². The van der Waals surface area contributed by atoms with Crippen molar-refractivity contribution in [1.82, 2.24) is 9.55 Å². The van der Waals surface area contributed by atoms with Crippen LogP contribution in [0.2, 0.25) is 0 Å². The van der Waals surface area contributed by atoms with Gasteiger partial charge in [0, 0.05) is 19.4 Å². The molecule has 5 nitrogen and oxygen atoms in total. The standard InChI is InChI=1S/C11H11N3O2/c1-13-8-7-12-10(13)11(15)14(16)9-5-3-2-4-6-9/h2-8,16H,1H3. The van der Waals surface area contributed by atoms with Crippen LogP contribution in [0.1, 0.15) is 10.6 Å². The molecule has 5 heteroatoms. The maximum Gasteiger partial charge on any atom is 0.317 e. The smallest absolute Gasteiger partial charge is 0.317 e. The number of nitrogens with zero attached hydrogens (tertiary/aromatic N) is 3. The molecule has 2 rings (SSSR count). The number of aryl methyl sites for hydroxylation is 1. The van der Waals surface area contributed by atoms with Crippen LogP contribution in [0.15, 0.2) is 42.7 Å². The van der Waals surface area contributed by atoms with Gasteiger partial charge >= 0.3 is 5.91 Å². The van der Waals surface area contributed by atoms with Gasteiger partial charge in [-0.1, -0.05) is 18.2 Å². The topological polar surface area (TPSA) is 58.4 Å². The second-order valence-electron chi connectivity index (χ2n) is 3.31. The second kappa shape index (κ2) is 4.16. The summed E-state index contributed by atoms with van der Waals surface area (Å²) < 4.78 is 1.55. The highest BCUT2D eigenvalue weighted by molar-refractivity contribution is 6.01. The Labute approximate surface area is 92.5 Å². The van der Waals surface area contributed by atoms with Crippen molar-refractivity contribution in [2.45, 2.75) is 0 Å². The predicted molar refractivity (Wildman–Crippen MR) is 58.2 cm³/mol. The number of carbonyl (C=O) groups excluding carboxylic acids is 1. The van der Waals surface area contributed by atoms with Gasteiger partial charge in [0.1, 0.15) is 0 Å². The molecule has 0 unspecified atom stereocenters. The van der Waals surface area contributed by atoms with Crippen LogP contribution in [0, 0.1) is 0 Å². The summed E-state index contributed by atoms with van der Waals surface area (Å²) in [6.07, 6.45) is 3.15. The number of hydroxylamine groups is 1.